The van der Waals surface area contributed by atoms with Gasteiger partial charge in [0, 0.05) is 49.0 Å². The Morgan fingerprint density at radius 3 is 2.67 bits per heavy atom. The molecule has 7 heteroatoms. The molecule has 4 rings (SSSR count). The first kappa shape index (κ1) is 17.3. The maximum atomic E-state index is 12.6. The molecular weight excluding hydrogens is 340 g/mol. The van der Waals surface area contributed by atoms with E-state index >= 15 is 0 Å². The lowest BCUT2D eigenvalue weighted by molar-refractivity contribution is 0.0711. The van der Waals surface area contributed by atoms with Gasteiger partial charge in [0.2, 0.25) is 0 Å². The first-order valence-corrected chi connectivity index (χ1v) is 9.17. The van der Waals surface area contributed by atoms with Crippen LogP contribution in [0.3, 0.4) is 0 Å². The minimum atomic E-state index is 0.0483. The van der Waals surface area contributed by atoms with Gasteiger partial charge in [-0.15, -0.1) is 0 Å². The van der Waals surface area contributed by atoms with Crippen LogP contribution in [-0.4, -0.2) is 48.8 Å². The molecule has 0 spiro atoms. The molecule has 0 unspecified atom stereocenters. The van der Waals surface area contributed by atoms with E-state index in [1.165, 1.54) is 0 Å². The van der Waals surface area contributed by atoms with Gasteiger partial charge in [0.05, 0.1) is 5.56 Å². The van der Waals surface area contributed by atoms with Gasteiger partial charge in [0.1, 0.15) is 11.5 Å². The molecule has 1 N–H and O–H groups in total. The summed E-state index contributed by atoms with van der Waals surface area (Å²) in [7, 11) is 0. The number of nitrogens with zero attached hydrogens (tertiary/aromatic N) is 5. The molecule has 1 aliphatic heterocycles. The molecule has 0 saturated carbocycles. The highest BCUT2D eigenvalue weighted by Crippen LogP contribution is 2.29. The third-order valence-corrected chi connectivity index (χ3v) is 4.91. The fourth-order valence-electron chi connectivity index (χ4n) is 3.51. The van der Waals surface area contributed by atoms with Crippen LogP contribution in [0.2, 0.25) is 0 Å². The number of hydrogen-bond donors (Lipinski definition) is 1. The van der Waals surface area contributed by atoms with E-state index in [0.717, 1.165) is 54.7 Å². The highest BCUT2D eigenvalue weighted by atomic mass is 16.2. The van der Waals surface area contributed by atoms with Gasteiger partial charge in [-0.2, -0.15) is 0 Å². The molecule has 1 amide bonds. The molecule has 3 aromatic rings. The number of aryl methyl sites for hydroxylation is 2. The molecule has 7 nitrogen and oxygen atoms in total. The lowest BCUT2D eigenvalue weighted by Gasteiger charge is -2.32. The van der Waals surface area contributed by atoms with Crippen LogP contribution in [0.5, 0.6) is 0 Å². The maximum Gasteiger partial charge on any atom is 0.255 e. The summed E-state index contributed by atoms with van der Waals surface area (Å²) in [5.74, 6) is 1.88. The smallest absolute Gasteiger partial charge is 0.255 e. The van der Waals surface area contributed by atoms with Crippen LogP contribution in [0, 0.1) is 13.8 Å². The monoisotopic (exact) mass is 362 g/mol. The number of carbonyl (C=O) groups excluding carboxylic acids is 1. The van der Waals surface area contributed by atoms with E-state index in [2.05, 4.69) is 24.9 Å². The van der Waals surface area contributed by atoms with Gasteiger partial charge in [-0.25, -0.2) is 15.0 Å². The van der Waals surface area contributed by atoms with Gasteiger partial charge in [0.15, 0.2) is 5.82 Å². The van der Waals surface area contributed by atoms with E-state index in [0.29, 0.717) is 11.5 Å². The molecule has 0 aliphatic carbocycles. The van der Waals surface area contributed by atoms with Crippen LogP contribution in [0.15, 0.2) is 36.8 Å². The second kappa shape index (κ2) is 7.26. The number of H-pyrrole nitrogens is 1. The molecule has 0 atom stereocenters. The molecule has 138 valence electrons. The van der Waals surface area contributed by atoms with E-state index in [1.54, 1.807) is 24.7 Å². The molecule has 3 aromatic heterocycles. The fraction of sp³-hybridized carbons (Fsp3) is 0.350. The van der Waals surface area contributed by atoms with Crippen molar-refractivity contribution < 1.29 is 4.79 Å². The Balaban J connectivity index is 1.48. The molecule has 0 radical (unpaired) electrons. The van der Waals surface area contributed by atoms with Crippen LogP contribution >= 0.6 is 0 Å². The number of carbonyl (C=O) groups is 1. The summed E-state index contributed by atoms with van der Waals surface area (Å²) >= 11 is 0. The zero-order valence-corrected chi connectivity index (χ0v) is 15.5. The van der Waals surface area contributed by atoms with Crippen molar-refractivity contribution >= 4 is 5.91 Å². The summed E-state index contributed by atoms with van der Waals surface area (Å²) in [4.78, 5) is 35.3. The minimum absolute atomic E-state index is 0.0483. The number of piperidine rings is 1. The zero-order chi connectivity index (χ0) is 18.8. The number of likely N-dealkylation sites (tertiary alicyclic amines) is 1. The van der Waals surface area contributed by atoms with Gasteiger partial charge in [0.25, 0.3) is 5.91 Å². The summed E-state index contributed by atoms with van der Waals surface area (Å²) < 4.78 is 0. The van der Waals surface area contributed by atoms with Crippen molar-refractivity contribution in [2.24, 2.45) is 0 Å². The third kappa shape index (κ3) is 3.72. The number of hydrogen-bond acceptors (Lipinski definition) is 5. The van der Waals surface area contributed by atoms with Gasteiger partial charge < -0.3 is 9.88 Å². The summed E-state index contributed by atoms with van der Waals surface area (Å²) in [6, 6.07) is 5.63. The van der Waals surface area contributed by atoms with Gasteiger partial charge in [-0.1, -0.05) is 0 Å². The van der Waals surface area contributed by atoms with E-state index < -0.39 is 0 Å². The number of amides is 1. The predicted octanol–water partition coefficient (Wildman–Crippen LogP) is 2.90. The molecular formula is C20H22N6O. The Hall–Kier alpha value is -3.09. The van der Waals surface area contributed by atoms with Crippen molar-refractivity contribution in [1.82, 2.24) is 29.8 Å². The second-order valence-corrected chi connectivity index (χ2v) is 6.95. The molecule has 1 fully saturated rings. The second-order valence-electron chi connectivity index (χ2n) is 6.95. The third-order valence-electron chi connectivity index (χ3n) is 4.91. The number of nitrogens with one attached hydrogen (secondary N) is 1. The Labute approximate surface area is 157 Å². The van der Waals surface area contributed by atoms with Gasteiger partial charge >= 0.3 is 0 Å². The lowest BCUT2D eigenvalue weighted by atomic mass is 9.92. The molecule has 0 aromatic carbocycles. The fourth-order valence-corrected chi connectivity index (χ4v) is 3.51. The van der Waals surface area contributed by atoms with Crippen LogP contribution in [0.25, 0.3) is 11.5 Å². The molecule has 27 heavy (non-hydrogen) atoms. The summed E-state index contributed by atoms with van der Waals surface area (Å²) in [6.07, 6.45) is 6.88. The van der Waals surface area contributed by atoms with Crippen molar-refractivity contribution in [3.63, 3.8) is 0 Å². The Kier molecular flexibility index (Phi) is 4.66. The molecule has 0 bridgehead atoms. The van der Waals surface area contributed by atoms with E-state index in [1.807, 2.05) is 30.9 Å². The van der Waals surface area contributed by atoms with Crippen molar-refractivity contribution in [2.45, 2.75) is 32.6 Å². The van der Waals surface area contributed by atoms with Crippen molar-refractivity contribution in [3.8, 4) is 11.5 Å². The molecule has 1 saturated heterocycles. The summed E-state index contributed by atoms with van der Waals surface area (Å²) in [5.41, 5.74) is 3.49. The van der Waals surface area contributed by atoms with Crippen molar-refractivity contribution in [2.75, 3.05) is 13.1 Å². The topological polar surface area (TPSA) is 87.7 Å². The Bertz CT molecular complexity index is 944. The summed E-state index contributed by atoms with van der Waals surface area (Å²) in [6.45, 7) is 5.32. The number of pyridine rings is 1. The van der Waals surface area contributed by atoms with Crippen LogP contribution in [0.4, 0.5) is 0 Å². The quantitative estimate of drug-likeness (QED) is 0.774. The normalized spacial score (nSPS) is 15.1. The SMILES string of the molecule is Cc1nc(-c2ncc(C)[nH]2)cc(C2CCN(C(=O)c3cccnc3)CC2)n1. The van der Waals surface area contributed by atoms with Crippen LogP contribution in [0.1, 0.15) is 46.3 Å². The Morgan fingerprint density at radius 2 is 2.00 bits per heavy atom. The lowest BCUT2D eigenvalue weighted by Crippen LogP contribution is -2.38. The highest BCUT2D eigenvalue weighted by Gasteiger charge is 2.26. The first-order chi connectivity index (χ1) is 13.1. The van der Waals surface area contributed by atoms with E-state index in [9.17, 15) is 4.79 Å². The standard InChI is InChI=1S/C20H22N6O/c1-13-11-22-19(23-13)18-10-17(24-14(2)25-18)15-5-8-26(9-6-15)20(27)16-4-3-7-21-12-16/h3-4,7,10-12,15H,5-6,8-9H2,1-2H3,(H,22,23). The minimum Gasteiger partial charge on any atom is -0.341 e. The predicted molar refractivity (Wildman–Crippen MR) is 101 cm³/mol. The number of aromatic amines is 1. The largest absolute Gasteiger partial charge is 0.341 e. The average Bonchev–Trinajstić information content (AvgIpc) is 3.14. The highest BCUT2D eigenvalue weighted by molar-refractivity contribution is 5.93. The number of rotatable bonds is 3. The number of aromatic nitrogens is 5. The van der Waals surface area contributed by atoms with Crippen LogP contribution in [-0.2, 0) is 0 Å². The Morgan fingerprint density at radius 1 is 1.19 bits per heavy atom. The van der Waals surface area contributed by atoms with E-state index in [-0.39, 0.29) is 5.91 Å². The average molecular weight is 362 g/mol. The molecule has 4 heterocycles. The van der Waals surface area contributed by atoms with Crippen molar-refractivity contribution in [1.29, 1.82) is 0 Å². The number of imidazole rings is 1. The zero-order valence-electron chi connectivity index (χ0n) is 15.5. The van der Waals surface area contributed by atoms with Crippen molar-refractivity contribution in [3.05, 3.63) is 59.6 Å². The van der Waals surface area contributed by atoms with Crippen LogP contribution < -0.4 is 0 Å². The summed E-state index contributed by atoms with van der Waals surface area (Å²) in [5, 5.41) is 0. The van der Waals surface area contributed by atoms with Gasteiger partial charge in [-0.05, 0) is 44.9 Å². The first-order valence-electron chi connectivity index (χ1n) is 9.17. The van der Waals surface area contributed by atoms with E-state index in [4.69, 9.17) is 0 Å². The maximum absolute atomic E-state index is 12.6. The van der Waals surface area contributed by atoms with Gasteiger partial charge in [-0.3, -0.25) is 9.78 Å². The molecule has 1 aliphatic rings.